The topological polar surface area (TPSA) is 38.5 Å². The lowest BCUT2D eigenvalue weighted by Crippen LogP contribution is -2.23. The molecule has 0 radical (unpaired) electrons. The van der Waals surface area contributed by atoms with Crippen LogP contribution in [0.15, 0.2) is 48.5 Å². The number of halogens is 1. The number of hydrogen-bond acceptors (Lipinski definition) is 3. The van der Waals surface area contributed by atoms with Crippen LogP contribution in [-0.4, -0.2) is 25.1 Å². The van der Waals surface area contributed by atoms with E-state index in [1.165, 1.54) is 6.07 Å². The largest absolute Gasteiger partial charge is 0.492 e. The van der Waals surface area contributed by atoms with Crippen LogP contribution in [0.2, 0.25) is 0 Å². The number of benzene rings is 2. The van der Waals surface area contributed by atoms with Gasteiger partial charge in [-0.2, -0.15) is 0 Å². The van der Waals surface area contributed by atoms with Crippen LogP contribution in [0.3, 0.4) is 0 Å². The molecule has 0 amide bonds. The highest BCUT2D eigenvalue weighted by Crippen LogP contribution is 2.12. The van der Waals surface area contributed by atoms with Gasteiger partial charge in [0.25, 0.3) is 0 Å². The number of likely N-dealkylation sites (N-methyl/N-ethyl adjacent to an activating group) is 1. The van der Waals surface area contributed by atoms with Crippen molar-refractivity contribution in [2.45, 2.75) is 13.1 Å². The van der Waals surface area contributed by atoms with E-state index in [0.29, 0.717) is 19.7 Å². The van der Waals surface area contributed by atoms with Gasteiger partial charge in [0.1, 0.15) is 18.2 Å². The maximum Gasteiger partial charge on any atom is 0.123 e. The molecule has 0 bridgehead atoms. The molecule has 4 heteroatoms. The summed E-state index contributed by atoms with van der Waals surface area (Å²) in [5, 5.41) is 0. The van der Waals surface area contributed by atoms with Crippen molar-refractivity contribution >= 4 is 0 Å². The second-order valence-corrected chi connectivity index (χ2v) is 5.06. The van der Waals surface area contributed by atoms with Crippen molar-refractivity contribution in [2.75, 3.05) is 20.2 Å². The van der Waals surface area contributed by atoms with E-state index in [4.69, 9.17) is 10.5 Å². The van der Waals surface area contributed by atoms with Gasteiger partial charge in [0.05, 0.1) is 0 Å². The minimum absolute atomic E-state index is 0.197. The lowest BCUT2D eigenvalue weighted by Gasteiger charge is -2.17. The van der Waals surface area contributed by atoms with Crippen molar-refractivity contribution in [2.24, 2.45) is 5.73 Å². The summed E-state index contributed by atoms with van der Waals surface area (Å²) in [7, 11) is 1.99. The first-order chi connectivity index (χ1) is 10.2. The fourth-order valence-electron chi connectivity index (χ4n) is 2.07. The Morgan fingerprint density at radius 3 is 2.52 bits per heavy atom. The van der Waals surface area contributed by atoms with E-state index in [0.717, 1.165) is 23.4 Å². The zero-order chi connectivity index (χ0) is 15.1. The first-order valence-corrected chi connectivity index (χ1v) is 7.02. The Kier molecular flexibility index (Phi) is 5.72. The van der Waals surface area contributed by atoms with E-state index >= 15 is 0 Å². The highest BCUT2D eigenvalue weighted by atomic mass is 19.1. The van der Waals surface area contributed by atoms with Gasteiger partial charge < -0.3 is 10.5 Å². The molecule has 2 N–H and O–H groups in total. The van der Waals surface area contributed by atoms with Gasteiger partial charge in [-0.3, -0.25) is 4.90 Å². The normalized spacial score (nSPS) is 10.9. The average molecular weight is 288 g/mol. The second kappa shape index (κ2) is 7.76. The lowest BCUT2D eigenvalue weighted by atomic mass is 10.2. The quantitative estimate of drug-likeness (QED) is 0.851. The average Bonchev–Trinajstić information content (AvgIpc) is 2.48. The van der Waals surface area contributed by atoms with Crippen LogP contribution in [0.5, 0.6) is 5.75 Å². The van der Waals surface area contributed by atoms with Gasteiger partial charge in [0, 0.05) is 19.6 Å². The number of rotatable bonds is 7. The third-order valence-electron chi connectivity index (χ3n) is 3.24. The zero-order valence-corrected chi connectivity index (χ0v) is 12.3. The number of ether oxygens (including phenoxy) is 1. The smallest absolute Gasteiger partial charge is 0.123 e. The molecule has 21 heavy (non-hydrogen) atoms. The van der Waals surface area contributed by atoms with Crippen LogP contribution in [0, 0.1) is 5.82 Å². The van der Waals surface area contributed by atoms with Crippen molar-refractivity contribution < 1.29 is 9.13 Å². The summed E-state index contributed by atoms with van der Waals surface area (Å²) in [6.45, 7) is 2.60. The Morgan fingerprint density at radius 1 is 1.10 bits per heavy atom. The summed E-state index contributed by atoms with van der Waals surface area (Å²) in [6.07, 6.45) is 0. The molecule has 0 aliphatic rings. The fourth-order valence-corrected chi connectivity index (χ4v) is 2.07. The molecule has 0 aromatic heterocycles. The molecule has 0 unspecified atom stereocenters. The molecular weight excluding hydrogens is 267 g/mol. The Bertz CT molecular complexity index is 557. The summed E-state index contributed by atoms with van der Waals surface area (Å²) < 4.78 is 18.8. The fraction of sp³-hybridized carbons (Fsp3) is 0.294. The summed E-state index contributed by atoms with van der Waals surface area (Å²) in [4.78, 5) is 2.10. The molecular formula is C17H21FN2O. The van der Waals surface area contributed by atoms with Gasteiger partial charge in [0.15, 0.2) is 0 Å². The summed E-state index contributed by atoms with van der Waals surface area (Å²) in [5.41, 5.74) is 7.60. The molecule has 2 rings (SSSR count). The van der Waals surface area contributed by atoms with Crippen LogP contribution >= 0.6 is 0 Å². The SMILES string of the molecule is CN(CCOc1ccc(CN)cc1)Cc1cccc(F)c1. The standard InChI is InChI=1S/C17H21FN2O/c1-20(13-15-3-2-4-16(18)11-15)9-10-21-17-7-5-14(12-19)6-8-17/h2-8,11H,9-10,12-13,19H2,1H3. The van der Waals surface area contributed by atoms with E-state index < -0.39 is 0 Å². The molecule has 3 nitrogen and oxygen atoms in total. The Balaban J connectivity index is 1.74. The van der Waals surface area contributed by atoms with Crippen LogP contribution < -0.4 is 10.5 Å². The van der Waals surface area contributed by atoms with Crippen LogP contribution in [0.1, 0.15) is 11.1 Å². The highest BCUT2D eigenvalue weighted by molar-refractivity contribution is 5.27. The lowest BCUT2D eigenvalue weighted by molar-refractivity contribution is 0.232. The Hall–Kier alpha value is -1.91. The minimum Gasteiger partial charge on any atom is -0.492 e. The van der Waals surface area contributed by atoms with E-state index in [2.05, 4.69) is 4.90 Å². The van der Waals surface area contributed by atoms with E-state index in [1.54, 1.807) is 12.1 Å². The third kappa shape index (κ3) is 5.17. The predicted molar refractivity (Wildman–Crippen MR) is 82.6 cm³/mol. The molecule has 0 fully saturated rings. The maximum absolute atomic E-state index is 13.1. The molecule has 112 valence electrons. The first kappa shape index (κ1) is 15.5. The summed E-state index contributed by atoms with van der Waals surface area (Å²) in [5.74, 6) is 0.642. The molecule has 0 spiro atoms. The zero-order valence-electron chi connectivity index (χ0n) is 12.3. The maximum atomic E-state index is 13.1. The van der Waals surface area contributed by atoms with Crippen LogP contribution in [-0.2, 0) is 13.1 Å². The van der Waals surface area contributed by atoms with Gasteiger partial charge >= 0.3 is 0 Å². The molecule has 2 aromatic carbocycles. The monoisotopic (exact) mass is 288 g/mol. The molecule has 0 atom stereocenters. The second-order valence-electron chi connectivity index (χ2n) is 5.06. The molecule has 0 aliphatic heterocycles. The van der Waals surface area contributed by atoms with Gasteiger partial charge in [-0.05, 0) is 42.4 Å². The summed E-state index contributed by atoms with van der Waals surface area (Å²) >= 11 is 0. The van der Waals surface area contributed by atoms with Crippen molar-refractivity contribution in [3.05, 3.63) is 65.5 Å². The van der Waals surface area contributed by atoms with Gasteiger partial charge in [0.2, 0.25) is 0 Å². The van der Waals surface area contributed by atoms with Crippen molar-refractivity contribution in [3.8, 4) is 5.75 Å². The number of nitrogens with zero attached hydrogens (tertiary/aromatic N) is 1. The minimum atomic E-state index is -0.197. The van der Waals surface area contributed by atoms with E-state index in [1.807, 2.05) is 37.4 Å². The summed E-state index contributed by atoms with van der Waals surface area (Å²) in [6, 6.07) is 14.4. The van der Waals surface area contributed by atoms with Gasteiger partial charge in [-0.15, -0.1) is 0 Å². The highest BCUT2D eigenvalue weighted by Gasteiger charge is 2.02. The van der Waals surface area contributed by atoms with Gasteiger partial charge in [-0.25, -0.2) is 4.39 Å². The van der Waals surface area contributed by atoms with E-state index in [-0.39, 0.29) is 5.82 Å². The molecule has 0 saturated carbocycles. The first-order valence-electron chi connectivity index (χ1n) is 7.02. The van der Waals surface area contributed by atoms with Crippen molar-refractivity contribution in [1.82, 2.24) is 4.90 Å². The van der Waals surface area contributed by atoms with Crippen molar-refractivity contribution in [3.63, 3.8) is 0 Å². The predicted octanol–water partition coefficient (Wildman–Crippen LogP) is 2.80. The van der Waals surface area contributed by atoms with Crippen LogP contribution in [0.4, 0.5) is 4.39 Å². The molecule has 0 saturated heterocycles. The number of nitrogens with two attached hydrogens (primary N) is 1. The Labute approximate surface area is 125 Å². The Morgan fingerprint density at radius 2 is 1.86 bits per heavy atom. The van der Waals surface area contributed by atoms with Crippen LogP contribution in [0.25, 0.3) is 0 Å². The third-order valence-corrected chi connectivity index (χ3v) is 3.24. The molecule has 2 aromatic rings. The number of hydrogen-bond donors (Lipinski definition) is 1. The molecule has 0 aliphatic carbocycles. The van der Waals surface area contributed by atoms with Crippen molar-refractivity contribution in [1.29, 1.82) is 0 Å². The van der Waals surface area contributed by atoms with Gasteiger partial charge in [-0.1, -0.05) is 24.3 Å². The molecule has 0 heterocycles. The van der Waals surface area contributed by atoms with E-state index in [9.17, 15) is 4.39 Å².